The van der Waals surface area contributed by atoms with Crippen LogP contribution in [0.5, 0.6) is 0 Å². The van der Waals surface area contributed by atoms with E-state index in [0.29, 0.717) is 16.5 Å². The summed E-state index contributed by atoms with van der Waals surface area (Å²) in [7, 11) is 0. The fourth-order valence-electron chi connectivity index (χ4n) is 2.78. The number of H-pyrrole nitrogens is 1. The monoisotopic (exact) mass is 337 g/mol. The van der Waals surface area contributed by atoms with Gasteiger partial charge in [0.25, 0.3) is 0 Å². The van der Waals surface area contributed by atoms with Crippen LogP contribution in [-0.2, 0) is 12.2 Å². The van der Waals surface area contributed by atoms with Gasteiger partial charge in [-0.15, -0.1) is 5.10 Å². The van der Waals surface area contributed by atoms with Crippen LogP contribution in [0.15, 0.2) is 56.8 Å². The molecule has 6 heteroatoms. The molecule has 2 aromatic heterocycles. The molecule has 0 aliphatic rings. The van der Waals surface area contributed by atoms with Crippen molar-refractivity contribution < 1.29 is 4.42 Å². The van der Waals surface area contributed by atoms with Crippen LogP contribution in [0.3, 0.4) is 0 Å². The van der Waals surface area contributed by atoms with E-state index in [0.717, 1.165) is 34.0 Å². The third-order valence-corrected chi connectivity index (χ3v) is 4.81. The lowest BCUT2D eigenvalue weighted by Crippen LogP contribution is -2.00. The number of nitrogens with zero attached hydrogens (tertiary/aromatic N) is 2. The van der Waals surface area contributed by atoms with Crippen LogP contribution < -0.4 is 5.63 Å². The number of aryl methyl sites for hydroxylation is 1. The van der Waals surface area contributed by atoms with Gasteiger partial charge in [-0.2, -0.15) is 0 Å². The average Bonchev–Trinajstić information content (AvgIpc) is 3.07. The van der Waals surface area contributed by atoms with Gasteiger partial charge >= 0.3 is 5.63 Å². The highest BCUT2D eigenvalue weighted by Gasteiger charge is 2.11. The minimum absolute atomic E-state index is 0.336. The van der Waals surface area contributed by atoms with E-state index in [1.165, 1.54) is 11.8 Å². The molecule has 5 nitrogen and oxygen atoms in total. The molecule has 1 N–H and O–H groups in total. The van der Waals surface area contributed by atoms with Crippen LogP contribution in [0.1, 0.15) is 18.3 Å². The Morgan fingerprint density at radius 2 is 2.08 bits per heavy atom. The van der Waals surface area contributed by atoms with Gasteiger partial charge in [-0.05, 0) is 22.4 Å². The van der Waals surface area contributed by atoms with Gasteiger partial charge in [-0.1, -0.05) is 49.0 Å². The first-order chi connectivity index (χ1) is 11.7. The lowest BCUT2D eigenvalue weighted by molar-refractivity contribution is 0.560. The number of aromatic nitrogens is 3. The molecule has 0 fully saturated rings. The fourth-order valence-corrected chi connectivity index (χ4v) is 3.57. The molecule has 0 amide bonds. The summed E-state index contributed by atoms with van der Waals surface area (Å²) in [5.74, 6) is 1.47. The molecule has 0 aliphatic carbocycles. The second-order valence-electron chi connectivity index (χ2n) is 5.46. The number of hydrogen-bond acceptors (Lipinski definition) is 5. The first-order valence-electron chi connectivity index (χ1n) is 7.73. The Hall–Kier alpha value is -2.60. The molecule has 0 saturated carbocycles. The van der Waals surface area contributed by atoms with Crippen molar-refractivity contribution in [3.8, 4) is 0 Å². The average molecular weight is 337 g/mol. The van der Waals surface area contributed by atoms with Crippen LogP contribution in [0.25, 0.3) is 21.7 Å². The molecule has 2 heterocycles. The van der Waals surface area contributed by atoms with E-state index in [4.69, 9.17) is 4.42 Å². The first-order valence-corrected chi connectivity index (χ1v) is 8.71. The SMILES string of the molecule is CCc1nc(SCc2cc(=O)oc3ccc4ccccc4c23)n[nH]1. The first kappa shape index (κ1) is 15.0. The maximum Gasteiger partial charge on any atom is 0.336 e. The largest absolute Gasteiger partial charge is 0.423 e. The van der Waals surface area contributed by atoms with E-state index in [1.807, 2.05) is 37.3 Å². The number of rotatable bonds is 4. The lowest BCUT2D eigenvalue weighted by Gasteiger charge is -2.07. The van der Waals surface area contributed by atoms with E-state index in [2.05, 4.69) is 21.2 Å². The number of aromatic amines is 1. The van der Waals surface area contributed by atoms with Crippen molar-refractivity contribution in [1.82, 2.24) is 15.2 Å². The summed E-state index contributed by atoms with van der Waals surface area (Å²) in [4.78, 5) is 16.3. The van der Waals surface area contributed by atoms with Gasteiger partial charge in [-0.3, -0.25) is 5.10 Å². The van der Waals surface area contributed by atoms with Crippen LogP contribution in [-0.4, -0.2) is 15.2 Å². The van der Waals surface area contributed by atoms with Gasteiger partial charge < -0.3 is 4.42 Å². The summed E-state index contributed by atoms with van der Waals surface area (Å²) < 4.78 is 5.38. The van der Waals surface area contributed by atoms with Gasteiger partial charge in [0.2, 0.25) is 5.16 Å². The maximum atomic E-state index is 11.9. The molecule has 0 unspecified atom stereocenters. The molecule has 4 rings (SSSR count). The minimum atomic E-state index is -0.336. The predicted octanol–water partition coefficient (Wildman–Crippen LogP) is 3.92. The van der Waals surface area contributed by atoms with Crippen molar-refractivity contribution in [2.75, 3.05) is 0 Å². The molecule has 0 bridgehead atoms. The summed E-state index contributed by atoms with van der Waals surface area (Å²) in [6, 6.07) is 13.5. The topological polar surface area (TPSA) is 71.8 Å². The lowest BCUT2D eigenvalue weighted by atomic mass is 10.0. The van der Waals surface area contributed by atoms with Gasteiger partial charge in [-0.25, -0.2) is 9.78 Å². The second-order valence-corrected chi connectivity index (χ2v) is 6.40. The Balaban J connectivity index is 1.81. The Labute approximate surface area is 142 Å². The van der Waals surface area contributed by atoms with Crippen molar-refractivity contribution in [2.24, 2.45) is 0 Å². The summed E-state index contributed by atoms with van der Waals surface area (Å²) in [6.45, 7) is 2.02. The third kappa shape index (κ3) is 2.69. The zero-order valence-corrected chi connectivity index (χ0v) is 13.9. The highest BCUT2D eigenvalue weighted by molar-refractivity contribution is 7.98. The quantitative estimate of drug-likeness (QED) is 0.347. The Bertz CT molecular complexity index is 1080. The fraction of sp³-hybridized carbons (Fsp3) is 0.167. The molecular formula is C18H15N3O2S. The number of nitrogens with one attached hydrogen (secondary N) is 1. The van der Waals surface area contributed by atoms with E-state index >= 15 is 0 Å². The van der Waals surface area contributed by atoms with Gasteiger partial charge in [0.1, 0.15) is 11.4 Å². The summed E-state index contributed by atoms with van der Waals surface area (Å²) >= 11 is 1.51. The number of hydrogen-bond donors (Lipinski definition) is 1. The Morgan fingerprint density at radius 3 is 2.92 bits per heavy atom. The zero-order chi connectivity index (χ0) is 16.5. The Morgan fingerprint density at radius 1 is 1.21 bits per heavy atom. The van der Waals surface area contributed by atoms with Crippen molar-refractivity contribution in [3.63, 3.8) is 0 Å². The number of thioether (sulfide) groups is 1. The van der Waals surface area contributed by atoms with E-state index < -0.39 is 0 Å². The van der Waals surface area contributed by atoms with Gasteiger partial charge in [0.15, 0.2) is 0 Å². The van der Waals surface area contributed by atoms with E-state index in [9.17, 15) is 4.79 Å². The molecule has 24 heavy (non-hydrogen) atoms. The smallest absolute Gasteiger partial charge is 0.336 e. The highest BCUT2D eigenvalue weighted by atomic mass is 32.2. The standard InChI is InChI=1S/C18H15N3O2S/c1-2-15-19-18(21-20-15)24-10-12-9-16(22)23-14-8-7-11-5-3-4-6-13(11)17(12)14/h3-9H,2,10H2,1H3,(H,19,20,21). The summed E-state index contributed by atoms with van der Waals surface area (Å²) in [5, 5.41) is 11.0. The minimum Gasteiger partial charge on any atom is -0.423 e. The van der Waals surface area contributed by atoms with Gasteiger partial charge in [0.05, 0.1) is 0 Å². The molecule has 2 aromatic carbocycles. The zero-order valence-electron chi connectivity index (χ0n) is 13.1. The molecule has 120 valence electrons. The van der Waals surface area contributed by atoms with Crippen LogP contribution in [0.2, 0.25) is 0 Å². The third-order valence-electron chi connectivity index (χ3n) is 3.92. The predicted molar refractivity (Wildman–Crippen MR) is 95.3 cm³/mol. The molecule has 0 atom stereocenters. The van der Waals surface area contributed by atoms with Crippen molar-refractivity contribution in [2.45, 2.75) is 24.3 Å². The molecular weight excluding hydrogens is 322 g/mol. The van der Waals surface area contributed by atoms with Crippen LogP contribution in [0, 0.1) is 0 Å². The van der Waals surface area contributed by atoms with Crippen LogP contribution >= 0.6 is 11.8 Å². The number of fused-ring (bicyclic) bond motifs is 3. The van der Waals surface area contributed by atoms with Crippen molar-refractivity contribution in [1.29, 1.82) is 0 Å². The molecule has 0 spiro atoms. The number of benzene rings is 2. The highest BCUT2D eigenvalue weighted by Crippen LogP contribution is 2.30. The molecule has 0 radical (unpaired) electrons. The normalized spacial score (nSPS) is 11.4. The van der Waals surface area contributed by atoms with Gasteiger partial charge in [0, 0.05) is 23.6 Å². The van der Waals surface area contributed by atoms with E-state index in [1.54, 1.807) is 6.07 Å². The Kier molecular flexibility index (Phi) is 3.82. The van der Waals surface area contributed by atoms with Crippen LogP contribution in [0.4, 0.5) is 0 Å². The summed E-state index contributed by atoms with van der Waals surface area (Å²) in [5.41, 5.74) is 1.21. The molecule has 0 saturated heterocycles. The van der Waals surface area contributed by atoms with Crippen molar-refractivity contribution in [3.05, 3.63) is 64.3 Å². The summed E-state index contributed by atoms with van der Waals surface area (Å²) in [6.07, 6.45) is 0.816. The molecule has 4 aromatic rings. The van der Waals surface area contributed by atoms with E-state index in [-0.39, 0.29) is 5.63 Å². The second kappa shape index (κ2) is 6.13. The van der Waals surface area contributed by atoms with Crippen molar-refractivity contribution >= 4 is 33.5 Å². The molecule has 0 aliphatic heterocycles. The maximum absolute atomic E-state index is 11.9.